The first-order valence-corrected chi connectivity index (χ1v) is 7.22. The molecule has 4 nitrogen and oxygen atoms in total. The molecule has 0 spiro atoms. The molecule has 1 aromatic rings. The fourth-order valence-corrected chi connectivity index (χ4v) is 2.53. The van der Waals surface area contributed by atoms with Crippen molar-refractivity contribution in [3.05, 3.63) is 29.6 Å². The number of pyridine rings is 1. The molecule has 118 valence electrons. The van der Waals surface area contributed by atoms with E-state index in [9.17, 15) is 4.79 Å². The van der Waals surface area contributed by atoms with Crippen molar-refractivity contribution in [2.24, 2.45) is 5.92 Å². The van der Waals surface area contributed by atoms with Gasteiger partial charge in [-0.05, 0) is 63.6 Å². The summed E-state index contributed by atoms with van der Waals surface area (Å²) in [5.74, 6) is 0.517. The summed E-state index contributed by atoms with van der Waals surface area (Å²) in [7, 11) is 0. The van der Waals surface area contributed by atoms with Gasteiger partial charge in [-0.2, -0.15) is 13.5 Å². The number of amides is 1. The number of rotatable bonds is 2. The molecule has 21 heavy (non-hydrogen) atoms. The van der Waals surface area contributed by atoms with Crippen molar-refractivity contribution in [1.29, 1.82) is 0 Å². The monoisotopic (exact) mass is 310 g/mol. The van der Waals surface area contributed by atoms with Gasteiger partial charge < -0.3 is 9.64 Å². The SMILES string of the molecule is Cc1cnccc1CC1CCN(C(=O)OC(C)(C)C)C1.S. The van der Waals surface area contributed by atoms with E-state index in [4.69, 9.17) is 4.74 Å². The molecule has 2 rings (SSSR count). The molecule has 1 unspecified atom stereocenters. The summed E-state index contributed by atoms with van der Waals surface area (Å²) >= 11 is 0. The van der Waals surface area contributed by atoms with E-state index in [0.29, 0.717) is 5.92 Å². The van der Waals surface area contributed by atoms with Crippen molar-refractivity contribution in [3.63, 3.8) is 0 Å². The smallest absolute Gasteiger partial charge is 0.410 e. The Balaban J connectivity index is 0.00000220. The second-order valence-corrected chi connectivity index (χ2v) is 6.59. The van der Waals surface area contributed by atoms with Crippen molar-refractivity contribution in [3.8, 4) is 0 Å². The molecule has 0 radical (unpaired) electrons. The fourth-order valence-electron chi connectivity index (χ4n) is 2.53. The van der Waals surface area contributed by atoms with Crippen LogP contribution in [0, 0.1) is 12.8 Å². The van der Waals surface area contributed by atoms with Gasteiger partial charge in [0.25, 0.3) is 0 Å². The van der Waals surface area contributed by atoms with E-state index in [0.717, 1.165) is 25.9 Å². The minimum atomic E-state index is -0.420. The minimum absolute atomic E-state index is 0. The molecule has 5 heteroatoms. The molecule has 1 aromatic heterocycles. The number of hydrogen-bond donors (Lipinski definition) is 0. The van der Waals surface area contributed by atoms with Crippen LogP contribution in [0.25, 0.3) is 0 Å². The summed E-state index contributed by atoms with van der Waals surface area (Å²) in [6.07, 6.45) is 5.60. The molecule has 1 aliphatic heterocycles. The third-order valence-electron chi connectivity index (χ3n) is 3.58. The molecule has 0 aromatic carbocycles. The van der Waals surface area contributed by atoms with Crippen LogP contribution in [0.15, 0.2) is 18.5 Å². The fraction of sp³-hybridized carbons (Fsp3) is 0.625. The topological polar surface area (TPSA) is 42.4 Å². The van der Waals surface area contributed by atoms with Crippen LogP contribution in [0.5, 0.6) is 0 Å². The van der Waals surface area contributed by atoms with E-state index in [1.165, 1.54) is 11.1 Å². The van der Waals surface area contributed by atoms with Crippen LogP contribution in [0.2, 0.25) is 0 Å². The van der Waals surface area contributed by atoms with E-state index in [2.05, 4.69) is 18.0 Å². The number of ether oxygens (including phenoxy) is 1. The number of carbonyl (C=O) groups excluding carboxylic acids is 1. The number of nitrogens with zero attached hydrogens (tertiary/aromatic N) is 2. The lowest BCUT2D eigenvalue weighted by Crippen LogP contribution is -2.35. The molecular weight excluding hydrogens is 284 g/mol. The maximum absolute atomic E-state index is 12.0. The Morgan fingerprint density at radius 3 is 2.81 bits per heavy atom. The quantitative estimate of drug-likeness (QED) is 0.841. The average molecular weight is 310 g/mol. The highest BCUT2D eigenvalue weighted by molar-refractivity contribution is 7.59. The highest BCUT2D eigenvalue weighted by Crippen LogP contribution is 2.23. The Hall–Kier alpha value is -1.23. The molecule has 1 amide bonds. The number of hydrogen-bond acceptors (Lipinski definition) is 3. The predicted octanol–water partition coefficient (Wildman–Crippen LogP) is 3.30. The first-order chi connectivity index (χ1) is 9.35. The Bertz CT molecular complexity index is 485. The summed E-state index contributed by atoms with van der Waals surface area (Å²) in [4.78, 5) is 18.0. The number of likely N-dealkylation sites (tertiary alicyclic amines) is 1. The largest absolute Gasteiger partial charge is 0.444 e. The van der Waals surface area contributed by atoms with Gasteiger partial charge in [-0.25, -0.2) is 4.79 Å². The molecule has 1 aliphatic rings. The van der Waals surface area contributed by atoms with Crippen LogP contribution in [0.4, 0.5) is 4.79 Å². The lowest BCUT2D eigenvalue weighted by atomic mass is 9.97. The number of carbonyl (C=O) groups is 1. The average Bonchev–Trinajstić information content (AvgIpc) is 2.79. The molecule has 0 aliphatic carbocycles. The minimum Gasteiger partial charge on any atom is -0.444 e. The first-order valence-electron chi connectivity index (χ1n) is 7.22. The number of aryl methyl sites for hydroxylation is 1. The molecular formula is C16H26N2O2S. The summed E-state index contributed by atoms with van der Waals surface area (Å²) < 4.78 is 5.42. The van der Waals surface area contributed by atoms with E-state index in [1.54, 1.807) is 0 Å². The van der Waals surface area contributed by atoms with Crippen molar-refractivity contribution in [1.82, 2.24) is 9.88 Å². The van der Waals surface area contributed by atoms with Crippen LogP contribution < -0.4 is 0 Å². The molecule has 1 atom stereocenters. The highest BCUT2D eigenvalue weighted by atomic mass is 32.1. The van der Waals surface area contributed by atoms with E-state index < -0.39 is 5.60 Å². The van der Waals surface area contributed by atoms with Gasteiger partial charge in [-0.1, -0.05) is 0 Å². The lowest BCUT2D eigenvalue weighted by Gasteiger charge is -2.24. The van der Waals surface area contributed by atoms with E-state index in [1.807, 2.05) is 38.1 Å². The summed E-state index contributed by atoms with van der Waals surface area (Å²) in [6.45, 7) is 9.37. The molecule has 2 heterocycles. The van der Waals surface area contributed by atoms with Crippen molar-refractivity contribution in [2.75, 3.05) is 13.1 Å². The van der Waals surface area contributed by atoms with Gasteiger partial charge in [0.15, 0.2) is 0 Å². The second-order valence-electron chi connectivity index (χ2n) is 6.59. The van der Waals surface area contributed by atoms with Gasteiger partial charge in [0.2, 0.25) is 0 Å². The molecule has 1 saturated heterocycles. The highest BCUT2D eigenvalue weighted by Gasteiger charge is 2.29. The lowest BCUT2D eigenvalue weighted by molar-refractivity contribution is 0.0288. The summed E-state index contributed by atoms with van der Waals surface area (Å²) in [5, 5.41) is 0. The van der Waals surface area contributed by atoms with Gasteiger partial charge in [-0.3, -0.25) is 4.98 Å². The van der Waals surface area contributed by atoms with Crippen molar-refractivity contribution >= 4 is 19.6 Å². The van der Waals surface area contributed by atoms with Crippen LogP contribution >= 0.6 is 13.5 Å². The van der Waals surface area contributed by atoms with Crippen LogP contribution in [-0.2, 0) is 11.2 Å². The first kappa shape index (κ1) is 17.8. The maximum Gasteiger partial charge on any atom is 0.410 e. The Morgan fingerprint density at radius 2 is 2.19 bits per heavy atom. The summed E-state index contributed by atoms with van der Waals surface area (Å²) in [5.41, 5.74) is 2.14. The molecule has 0 bridgehead atoms. The van der Waals surface area contributed by atoms with Gasteiger partial charge in [0.05, 0.1) is 0 Å². The Labute approximate surface area is 134 Å². The number of aromatic nitrogens is 1. The van der Waals surface area contributed by atoms with Gasteiger partial charge in [-0.15, -0.1) is 0 Å². The second kappa shape index (κ2) is 7.16. The molecule has 0 saturated carbocycles. The predicted molar refractivity (Wildman–Crippen MR) is 89.0 cm³/mol. The third kappa shape index (κ3) is 5.23. The van der Waals surface area contributed by atoms with Gasteiger partial charge in [0.1, 0.15) is 5.60 Å². The van der Waals surface area contributed by atoms with Crippen molar-refractivity contribution < 1.29 is 9.53 Å². The van der Waals surface area contributed by atoms with Crippen molar-refractivity contribution in [2.45, 2.75) is 46.1 Å². The van der Waals surface area contributed by atoms with E-state index >= 15 is 0 Å². The van der Waals surface area contributed by atoms with Crippen LogP contribution in [-0.4, -0.2) is 34.7 Å². The van der Waals surface area contributed by atoms with E-state index in [-0.39, 0.29) is 19.6 Å². The molecule has 1 fully saturated rings. The molecule has 0 N–H and O–H groups in total. The van der Waals surface area contributed by atoms with Gasteiger partial charge >= 0.3 is 6.09 Å². The normalized spacial score (nSPS) is 18.3. The maximum atomic E-state index is 12.0. The standard InChI is InChI=1S/C16H24N2O2.H2S/c1-12-10-17-7-5-14(12)9-13-6-8-18(11-13)15(19)20-16(2,3)4;/h5,7,10,13H,6,8-9,11H2,1-4H3;1H2. The zero-order chi connectivity index (χ0) is 14.8. The van der Waals surface area contributed by atoms with Crippen LogP contribution in [0.3, 0.4) is 0 Å². The zero-order valence-electron chi connectivity index (χ0n) is 13.3. The summed E-state index contributed by atoms with van der Waals surface area (Å²) in [6, 6.07) is 2.07. The van der Waals surface area contributed by atoms with Gasteiger partial charge in [0, 0.05) is 25.5 Å². The zero-order valence-corrected chi connectivity index (χ0v) is 14.3. The third-order valence-corrected chi connectivity index (χ3v) is 3.58. The van der Waals surface area contributed by atoms with Crippen LogP contribution in [0.1, 0.15) is 38.3 Å². The Kier molecular flexibility index (Phi) is 6.08. The Morgan fingerprint density at radius 1 is 1.48 bits per heavy atom.